The molecule has 162 valence electrons. The Morgan fingerprint density at radius 2 is 1.74 bits per heavy atom. The molecule has 1 aromatic heterocycles. The Morgan fingerprint density at radius 3 is 2.42 bits per heavy atom. The number of anilines is 1. The zero-order valence-corrected chi connectivity index (χ0v) is 16.2. The third kappa shape index (κ3) is 4.94. The first-order chi connectivity index (χ1) is 14.6. The molecule has 0 fully saturated rings. The highest BCUT2D eigenvalue weighted by Gasteiger charge is 2.34. The van der Waals surface area contributed by atoms with E-state index in [-0.39, 0.29) is 15.8 Å². The first-order valence-corrected chi connectivity index (χ1v) is 8.99. The average Bonchev–Trinajstić information content (AvgIpc) is 2.71. The SMILES string of the molecule is O=C(COC(=O)Cn1[nH]c(=O)c2ccccc2c1=O)Nc1c(Cl)cccc1C(F)(F)F. The van der Waals surface area contributed by atoms with Gasteiger partial charge in [0.25, 0.3) is 17.0 Å². The third-order valence-electron chi connectivity index (χ3n) is 4.12. The molecule has 0 aliphatic heterocycles. The predicted molar refractivity (Wildman–Crippen MR) is 105 cm³/mol. The summed E-state index contributed by atoms with van der Waals surface area (Å²) >= 11 is 5.74. The molecular formula is C19H13ClF3N3O5. The number of carbonyl (C=O) groups is 2. The summed E-state index contributed by atoms with van der Waals surface area (Å²) in [6.45, 7) is -1.65. The highest BCUT2D eigenvalue weighted by Crippen LogP contribution is 2.38. The molecule has 0 saturated heterocycles. The number of H-pyrrole nitrogens is 1. The molecule has 0 aliphatic rings. The van der Waals surface area contributed by atoms with E-state index in [1.165, 1.54) is 12.1 Å². The first-order valence-electron chi connectivity index (χ1n) is 8.61. The molecular weight excluding hydrogens is 443 g/mol. The van der Waals surface area contributed by atoms with Crippen LogP contribution in [0.15, 0.2) is 52.1 Å². The van der Waals surface area contributed by atoms with E-state index in [4.69, 9.17) is 16.3 Å². The molecule has 3 rings (SSSR count). The number of aromatic nitrogens is 2. The van der Waals surface area contributed by atoms with Gasteiger partial charge in [-0.25, -0.2) is 4.68 Å². The lowest BCUT2D eigenvalue weighted by molar-refractivity contribution is -0.148. The van der Waals surface area contributed by atoms with Crippen LogP contribution in [-0.2, 0) is 27.0 Å². The predicted octanol–water partition coefficient (Wildman–Crippen LogP) is 2.54. The molecule has 0 radical (unpaired) electrons. The lowest BCUT2D eigenvalue weighted by atomic mass is 10.1. The third-order valence-corrected chi connectivity index (χ3v) is 4.43. The van der Waals surface area contributed by atoms with Crippen LogP contribution in [0.5, 0.6) is 0 Å². The standard InChI is InChI=1S/C19H13ClF3N3O5/c20-13-7-3-6-12(19(21,22)23)16(13)24-14(27)9-31-15(28)8-26-18(30)11-5-2-1-4-10(11)17(29)25-26/h1-7H,8-9H2,(H,24,27)(H,25,29). The summed E-state index contributed by atoms with van der Waals surface area (Å²) < 4.78 is 44.6. The Morgan fingerprint density at radius 1 is 1.06 bits per heavy atom. The maximum Gasteiger partial charge on any atom is 0.418 e. The summed E-state index contributed by atoms with van der Waals surface area (Å²) in [5.41, 5.74) is -3.12. The van der Waals surface area contributed by atoms with Gasteiger partial charge in [-0.15, -0.1) is 0 Å². The van der Waals surface area contributed by atoms with Crippen LogP contribution in [0.1, 0.15) is 5.56 Å². The van der Waals surface area contributed by atoms with E-state index in [0.717, 1.165) is 18.2 Å². The highest BCUT2D eigenvalue weighted by atomic mass is 35.5. The number of carbonyl (C=O) groups excluding carboxylic acids is 2. The number of alkyl halides is 3. The van der Waals surface area contributed by atoms with Crippen molar-refractivity contribution in [3.63, 3.8) is 0 Å². The fraction of sp³-hybridized carbons (Fsp3) is 0.158. The summed E-state index contributed by atoms with van der Waals surface area (Å²) in [5, 5.41) is 4.03. The molecule has 0 aliphatic carbocycles. The zero-order chi connectivity index (χ0) is 22.8. The molecule has 1 heterocycles. The molecule has 3 aromatic rings. The average molecular weight is 456 g/mol. The maximum atomic E-state index is 13.1. The van der Waals surface area contributed by atoms with Crippen LogP contribution in [0.25, 0.3) is 10.8 Å². The Hall–Kier alpha value is -3.60. The fourth-order valence-corrected chi connectivity index (χ4v) is 2.96. The minimum absolute atomic E-state index is 0.0789. The molecule has 31 heavy (non-hydrogen) atoms. The van der Waals surface area contributed by atoms with Gasteiger partial charge in [-0.3, -0.25) is 24.3 Å². The van der Waals surface area contributed by atoms with Gasteiger partial charge in [0.15, 0.2) is 6.61 Å². The van der Waals surface area contributed by atoms with Gasteiger partial charge >= 0.3 is 12.1 Å². The fourth-order valence-electron chi connectivity index (χ4n) is 2.74. The number of benzene rings is 2. The second-order valence-electron chi connectivity index (χ2n) is 6.25. The Kier molecular flexibility index (Phi) is 6.16. The van der Waals surface area contributed by atoms with E-state index in [0.29, 0.717) is 4.68 Å². The van der Waals surface area contributed by atoms with E-state index in [1.807, 2.05) is 5.32 Å². The minimum atomic E-state index is -4.77. The lowest BCUT2D eigenvalue weighted by Gasteiger charge is -2.15. The number of nitrogens with zero attached hydrogens (tertiary/aromatic N) is 1. The minimum Gasteiger partial charge on any atom is -0.454 e. The molecule has 0 saturated carbocycles. The number of fused-ring (bicyclic) bond motifs is 1. The number of esters is 1. The molecule has 2 N–H and O–H groups in total. The summed E-state index contributed by atoms with van der Waals surface area (Å²) in [6, 6.07) is 8.91. The molecule has 2 aromatic carbocycles. The van der Waals surface area contributed by atoms with Crippen LogP contribution in [0.4, 0.5) is 18.9 Å². The van der Waals surface area contributed by atoms with Gasteiger partial charge in [-0.1, -0.05) is 29.8 Å². The van der Waals surface area contributed by atoms with E-state index in [2.05, 4.69) is 5.10 Å². The molecule has 1 amide bonds. The number of para-hydroxylation sites is 1. The molecule has 0 spiro atoms. The largest absolute Gasteiger partial charge is 0.454 e. The zero-order valence-electron chi connectivity index (χ0n) is 15.5. The van der Waals surface area contributed by atoms with Crippen LogP contribution < -0.4 is 16.4 Å². The number of halogens is 4. The lowest BCUT2D eigenvalue weighted by Crippen LogP contribution is -2.33. The number of ether oxygens (including phenoxy) is 1. The molecule has 0 unspecified atom stereocenters. The Balaban J connectivity index is 1.68. The van der Waals surface area contributed by atoms with Crippen molar-refractivity contribution in [1.82, 2.24) is 9.78 Å². The Labute approximate surface area is 176 Å². The van der Waals surface area contributed by atoms with E-state index >= 15 is 0 Å². The van der Waals surface area contributed by atoms with Gasteiger partial charge in [-0.05, 0) is 24.3 Å². The van der Waals surface area contributed by atoms with Gasteiger partial charge in [0.2, 0.25) is 0 Å². The monoisotopic (exact) mass is 455 g/mol. The van der Waals surface area contributed by atoms with E-state index < -0.39 is 53.6 Å². The van der Waals surface area contributed by atoms with E-state index in [9.17, 15) is 32.3 Å². The normalized spacial score (nSPS) is 11.4. The number of aromatic amines is 1. The van der Waals surface area contributed by atoms with Crippen molar-refractivity contribution in [1.29, 1.82) is 0 Å². The number of rotatable bonds is 5. The van der Waals surface area contributed by atoms with Gasteiger partial charge < -0.3 is 10.1 Å². The first kappa shape index (κ1) is 22.1. The number of hydrogen-bond donors (Lipinski definition) is 2. The summed E-state index contributed by atoms with van der Waals surface area (Å²) in [6.07, 6.45) is -4.77. The van der Waals surface area contributed by atoms with Crippen molar-refractivity contribution in [3.05, 3.63) is 73.8 Å². The summed E-state index contributed by atoms with van der Waals surface area (Å²) in [5.74, 6) is -2.15. The quantitative estimate of drug-likeness (QED) is 0.574. The van der Waals surface area contributed by atoms with Crippen LogP contribution in [0.2, 0.25) is 5.02 Å². The summed E-state index contributed by atoms with van der Waals surface area (Å²) in [4.78, 5) is 48.3. The molecule has 8 nitrogen and oxygen atoms in total. The van der Waals surface area contributed by atoms with Crippen molar-refractivity contribution in [2.24, 2.45) is 0 Å². The number of nitrogens with one attached hydrogen (secondary N) is 2. The maximum absolute atomic E-state index is 13.1. The van der Waals surface area contributed by atoms with Crippen molar-refractivity contribution in [2.75, 3.05) is 11.9 Å². The topological polar surface area (TPSA) is 110 Å². The van der Waals surface area contributed by atoms with Gasteiger partial charge in [0, 0.05) is 0 Å². The van der Waals surface area contributed by atoms with E-state index in [1.54, 1.807) is 12.1 Å². The number of amides is 1. The molecule has 0 bridgehead atoms. The highest BCUT2D eigenvalue weighted by molar-refractivity contribution is 6.34. The second-order valence-corrected chi connectivity index (χ2v) is 6.65. The van der Waals surface area contributed by atoms with Gasteiger partial charge in [-0.2, -0.15) is 13.2 Å². The van der Waals surface area contributed by atoms with Crippen molar-refractivity contribution in [2.45, 2.75) is 12.7 Å². The van der Waals surface area contributed by atoms with Crippen LogP contribution >= 0.6 is 11.6 Å². The van der Waals surface area contributed by atoms with Crippen molar-refractivity contribution in [3.8, 4) is 0 Å². The Bertz CT molecular complexity index is 1280. The van der Waals surface area contributed by atoms with Crippen LogP contribution in [-0.4, -0.2) is 28.3 Å². The van der Waals surface area contributed by atoms with Gasteiger partial charge in [0.05, 0.1) is 27.0 Å². The molecule has 0 atom stereocenters. The summed E-state index contributed by atoms with van der Waals surface area (Å²) in [7, 11) is 0. The van der Waals surface area contributed by atoms with Gasteiger partial charge in [0.1, 0.15) is 6.54 Å². The van der Waals surface area contributed by atoms with Crippen LogP contribution in [0, 0.1) is 0 Å². The van der Waals surface area contributed by atoms with Crippen molar-refractivity contribution < 1.29 is 27.5 Å². The van der Waals surface area contributed by atoms with Crippen LogP contribution in [0.3, 0.4) is 0 Å². The number of hydrogen-bond acceptors (Lipinski definition) is 5. The van der Waals surface area contributed by atoms with Crippen molar-refractivity contribution >= 4 is 39.9 Å². The second kappa shape index (κ2) is 8.64. The smallest absolute Gasteiger partial charge is 0.418 e. The molecule has 12 heteroatoms.